The molecule has 0 saturated carbocycles. The lowest BCUT2D eigenvalue weighted by Crippen LogP contribution is -2.13. The summed E-state index contributed by atoms with van der Waals surface area (Å²) < 4.78 is 17.5. The Hall–Kier alpha value is -3.39. The highest BCUT2D eigenvalue weighted by molar-refractivity contribution is 9.10. The van der Waals surface area contributed by atoms with E-state index in [1.165, 1.54) is 19.3 Å². The van der Waals surface area contributed by atoms with E-state index in [0.717, 1.165) is 11.4 Å². The van der Waals surface area contributed by atoms with Crippen molar-refractivity contribution in [1.29, 1.82) is 0 Å². The van der Waals surface area contributed by atoms with Crippen molar-refractivity contribution in [2.24, 2.45) is 0 Å². The molecule has 3 aromatic rings. The molecule has 0 fully saturated rings. The van der Waals surface area contributed by atoms with E-state index in [4.69, 9.17) is 13.9 Å². The van der Waals surface area contributed by atoms with Crippen LogP contribution in [-0.2, 0) is 14.3 Å². The lowest BCUT2D eigenvalue weighted by Gasteiger charge is -2.10. The first-order chi connectivity index (χ1) is 14.8. The number of halogens is 1. The molecule has 0 aliphatic heterocycles. The first kappa shape index (κ1) is 22.3. The van der Waals surface area contributed by atoms with Crippen molar-refractivity contribution in [2.75, 3.05) is 13.7 Å². The van der Waals surface area contributed by atoms with Gasteiger partial charge in [0, 0.05) is 28.7 Å². The van der Waals surface area contributed by atoms with Gasteiger partial charge in [-0.1, -0.05) is 0 Å². The number of carbonyl (C=O) groups excluding carboxylic acids is 3. The number of rotatable bonds is 7. The normalized spacial score (nSPS) is 11.0. The van der Waals surface area contributed by atoms with Crippen LogP contribution in [0.25, 0.3) is 11.8 Å². The van der Waals surface area contributed by atoms with Gasteiger partial charge in [0.2, 0.25) is 5.78 Å². The standard InChI is InChI=1S/C23H20BrNO6/c1-14-12-19(15(2)25(14)17-6-4-16(5-7-17)23(28)29-3)20(26)13-30-22(27)11-9-18-8-10-21(24)31-18/h4-12H,13H2,1-3H3. The zero-order valence-corrected chi connectivity index (χ0v) is 18.8. The quantitative estimate of drug-likeness (QED) is 0.274. The molecule has 0 N–H and O–H groups in total. The van der Waals surface area contributed by atoms with Crippen LogP contribution < -0.4 is 0 Å². The number of esters is 2. The fourth-order valence-corrected chi connectivity index (χ4v) is 3.46. The molecule has 2 aromatic heterocycles. The van der Waals surface area contributed by atoms with Crippen molar-refractivity contribution < 1.29 is 28.3 Å². The van der Waals surface area contributed by atoms with Gasteiger partial charge in [0.25, 0.3) is 0 Å². The van der Waals surface area contributed by atoms with E-state index in [-0.39, 0.29) is 12.4 Å². The number of benzene rings is 1. The SMILES string of the molecule is COC(=O)c1ccc(-n2c(C)cc(C(=O)COC(=O)C=Cc3ccc(Br)o3)c2C)cc1. The van der Waals surface area contributed by atoms with E-state index in [9.17, 15) is 14.4 Å². The average Bonchev–Trinajstić information content (AvgIpc) is 3.32. The van der Waals surface area contributed by atoms with E-state index in [2.05, 4.69) is 15.9 Å². The van der Waals surface area contributed by atoms with E-state index >= 15 is 0 Å². The molecule has 3 rings (SSSR count). The molecule has 1 aromatic carbocycles. The van der Waals surface area contributed by atoms with Crippen molar-refractivity contribution >= 4 is 39.7 Å². The summed E-state index contributed by atoms with van der Waals surface area (Å²) in [5.74, 6) is -0.892. The Balaban J connectivity index is 1.69. The fourth-order valence-electron chi connectivity index (χ4n) is 3.14. The molecule has 0 amide bonds. The van der Waals surface area contributed by atoms with Gasteiger partial charge in [-0.15, -0.1) is 0 Å². The maximum atomic E-state index is 12.6. The van der Waals surface area contributed by atoms with Crippen LogP contribution in [0.5, 0.6) is 0 Å². The van der Waals surface area contributed by atoms with Gasteiger partial charge in [-0.3, -0.25) is 4.79 Å². The Morgan fingerprint density at radius 1 is 1.10 bits per heavy atom. The third-order valence-corrected chi connectivity index (χ3v) is 5.03. The Morgan fingerprint density at radius 3 is 2.42 bits per heavy atom. The van der Waals surface area contributed by atoms with Crippen LogP contribution >= 0.6 is 15.9 Å². The Labute approximate surface area is 187 Å². The second-order valence-corrected chi connectivity index (χ2v) is 7.45. The van der Waals surface area contributed by atoms with Crippen LogP contribution in [0.2, 0.25) is 0 Å². The topological polar surface area (TPSA) is 87.7 Å². The molecule has 160 valence electrons. The molecule has 8 heteroatoms. The third-order valence-electron chi connectivity index (χ3n) is 4.60. The maximum Gasteiger partial charge on any atom is 0.337 e. The molecule has 0 saturated heterocycles. The second kappa shape index (κ2) is 9.61. The smallest absolute Gasteiger partial charge is 0.337 e. The number of methoxy groups -OCH3 is 1. The van der Waals surface area contributed by atoms with Crippen LogP contribution in [0, 0.1) is 13.8 Å². The van der Waals surface area contributed by atoms with Gasteiger partial charge in [0.15, 0.2) is 11.3 Å². The molecule has 0 aliphatic carbocycles. The summed E-state index contributed by atoms with van der Waals surface area (Å²) in [4.78, 5) is 36.1. The maximum absolute atomic E-state index is 12.6. The van der Waals surface area contributed by atoms with Crippen molar-refractivity contribution in [3.8, 4) is 5.69 Å². The largest absolute Gasteiger partial charge is 0.465 e. The molecule has 0 radical (unpaired) electrons. The van der Waals surface area contributed by atoms with Crippen LogP contribution in [0.1, 0.15) is 37.9 Å². The van der Waals surface area contributed by atoms with E-state index in [0.29, 0.717) is 27.3 Å². The van der Waals surface area contributed by atoms with E-state index < -0.39 is 11.9 Å². The fraction of sp³-hybridized carbons (Fsp3) is 0.174. The van der Waals surface area contributed by atoms with Gasteiger partial charge in [-0.2, -0.15) is 0 Å². The second-order valence-electron chi connectivity index (χ2n) is 6.66. The lowest BCUT2D eigenvalue weighted by molar-refractivity contribution is -0.136. The molecule has 0 atom stereocenters. The monoisotopic (exact) mass is 485 g/mol. The number of nitrogens with zero attached hydrogens (tertiary/aromatic N) is 1. The summed E-state index contributed by atoms with van der Waals surface area (Å²) in [6.07, 6.45) is 2.66. The third kappa shape index (κ3) is 5.21. The number of hydrogen-bond donors (Lipinski definition) is 0. The average molecular weight is 486 g/mol. The summed E-state index contributed by atoms with van der Waals surface area (Å²) in [6, 6.07) is 12.0. The molecular weight excluding hydrogens is 466 g/mol. The Morgan fingerprint density at radius 2 is 1.81 bits per heavy atom. The minimum absolute atomic E-state index is 0.312. The predicted octanol–water partition coefficient (Wildman–Crippen LogP) is 4.68. The van der Waals surface area contributed by atoms with Crippen molar-refractivity contribution in [3.63, 3.8) is 0 Å². The highest BCUT2D eigenvalue weighted by Crippen LogP contribution is 2.22. The molecule has 7 nitrogen and oxygen atoms in total. The van der Waals surface area contributed by atoms with E-state index in [1.54, 1.807) is 42.5 Å². The van der Waals surface area contributed by atoms with Crippen LogP contribution in [-0.4, -0.2) is 36.0 Å². The van der Waals surface area contributed by atoms with Crippen LogP contribution in [0.4, 0.5) is 0 Å². The number of furan rings is 1. The van der Waals surface area contributed by atoms with Crippen molar-refractivity contribution in [2.45, 2.75) is 13.8 Å². The summed E-state index contributed by atoms with van der Waals surface area (Å²) >= 11 is 3.18. The molecule has 0 unspecified atom stereocenters. The molecule has 0 spiro atoms. The molecule has 0 bridgehead atoms. The van der Waals surface area contributed by atoms with Gasteiger partial charge in [0.05, 0.1) is 12.7 Å². The Kier molecular flexibility index (Phi) is 6.91. The molecule has 0 aliphatic rings. The minimum atomic E-state index is -0.645. The summed E-state index contributed by atoms with van der Waals surface area (Å²) in [5, 5.41) is 0. The number of ketones is 1. The summed E-state index contributed by atoms with van der Waals surface area (Å²) in [5.41, 5.74) is 3.24. The van der Waals surface area contributed by atoms with Crippen LogP contribution in [0.3, 0.4) is 0 Å². The van der Waals surface area contributed by atoms with Gasteiger partial charge < -0.3 is 18.5 Å². The molecular formula is C23H20BrNO6. The molecule has 2 heterocycles. The van der Waals surface area contributed by atoms with Gasteiger partial charge >= 0.3 is 11.9 Å². The Bertz CT molecular complexity index is 1150. The zero-order chi connectivity index (χ0) is 22.5. The van der Waals surface area contributed by atoms with Gasteiger partial charge in [-0.25, -0.2) is 9.59 Å². The van der Waals surface area contributed by atoms with E-state index in [1.807, 2.05) is 18.4 Å². The van der Waals surface area contributed by atoms with Crippen LogP contribution in [0.15, 0.2) is 57.6 Å². The molecule has 31 heavy (non-hydrogen) atoms. The highest BCUT2D eigenvalue weighted by atomic mass is 79.9. The first-order valence-corrected chi connectivity index (χ1v) is 10.1. The summed E-state index contributed by atoms with van der Waals surface area (Å²) in [7, 11) is 1.33. The number of carbonyl (C=O) groups is 3. The number of Topliss-reactive ketones (excluding diaryl/α,β-unsaturated/α-hetero) is 1. The highest BCUT2D eigenvalue weighted by Gasteiger charge is 2.18. The van der Waals surface area contributed by atoms with Crippen molar-refractivity contribution in [1.82, 2.24) is 4.57 Å². The van der Waals surface area contributed by atoms with Gasteiger partial charge in [-0.05, 0) is 78.3 Å². The summed E-state index contributed by atoms with van der Waals surface area (Å²) in [6.45, 7) is 3.30. The van der Waals surface area contributed by atoms with Gasteiger partial charge in [0.1, 0.15) is 5.76 Å². The number of aromatic nitrogens is 1. The first-order valence-electron chi connectivity index (χ1n) is 9.31. The number of hydrogen-bond acceptors (Lipinski definition) is 6. The zero-order valence-electron chi connectivity index (χ0n) is 17.2. The number of aryl methyl sites for hydroxylation is 1. The number of ether oxygens (including phenoxy) is 2. The lowest BCUT2D eigenvalue weighted by atomic mass is 10.1. The predicted molar refractivity (Wildman–Crippen MR) is 117 cm³/mol. The minimum Gasteiger partial charge on any atom is -0.465 e. The van der Waals surface area contributed by atoms with Crippen molar-refractivity contribution in [3.05, 3.63) is 81.5 Å².